The molecule has 0 heterocycles. The van der Waals surface area contributed by atoms with E-state index in [0.29, 0.717) is 0 Å². The normalized spacial score (nSPS) is 11.2. The molecule has 4 bridgehead atoms. The maximum atomic E-state index is 2.28. The lowest BCUT2D eigenvalue weighted by Crippen LogP contribution is -1.90. The first-order valence-corrected chi connectivity index (χ1v) is 13.1. The molecule has 2 aliphatic carbocycles. The van der Waals surface area contributed by atoms with Crippen molar-refractivity contribution in [1.29, 1.82) is 0 Å². The van der Waals surface area contributed by atoms with E-state index in [9.17, 15) is 0 Å². The molecule has 0 aromatic heterocycles. The fraction of sp³-hybridized carbons (Fsp3) is 0. The van der Waals surface area contributed by atoms with Crippen LogP contribution in [0.4, 0.5) is 0 Å². The maximum absolute atomic E-state index is 2.28. The zero-order chi connectivity index (χ0) is 25.3. The minimum absolute atomic E-state index is 1.20. The summed E-state index contributed by atoms with van der Waals surface area (Å²) in [6, 6.07) is 57.2. The van der Waals surface area contributed by atoms with Gasteiger partial charge in [-0.2, -0.15) is 0 Å². The Morgan fingerprint density at radius 1 is 0.211 bits per heavy atom. The Bertz CT molecular complexity index is 2030. The predicted molar refractivity (Wildman–Crippen MR) is 165 cm³/mol. The minimum atomic E-state index is 1.20. The van der Waals surface area contributed by atoms with Crippen molar-refractivity contribution in [3.63, 3.8) is 0 Å². The Hall–Kier alpha value is -4.94. The highest BCUT2D eigenvalue weighted by molar-refractivity contribution is 6.22. The van der Waals surface area contributed by atoms with Gasteiger partial charge in [-0.1, -0.05) is 158 Å². The second-order valence-electron chi connectivity index (χ2n) is 9.69. The highest BCUT2D eigenvalue weighted by atomic mass is 14.2. The maximum Gasteiger partial charge on any atom is -0.00204 e. The average Bonchev–Trinajstić information content (AvgIpc) is 2.95. The van der Waals surface area contributed by atoms with Crippen LogP contribution >= 0.6 is 0 Å². The first-order valence-electron chi connectivity index (χ1n) is 13.1. The molecule has 7 rings (SSSR count). The number of rotatable bonds is 0. The van der Waals surface area contributed by atoms with Crippen LogP contribution in [0.25, 0.3) is 65.3 Å². The lowest BCUT2D eigenvalue weighted by molar-refractivity contribution is 1.62. The van der Waals surface area contributed by atoms with E-state index in [0.717, 1.165) is 0 Å². The van der Waals surface area contributed by atoms with Gasteiger partial charge in [-0.3, -0.25) is 0 Å². The molecule has 0 unspecified atom stereocenters. The molecule has 0 saturated carbocycles. The first kappa shape index (κ1) is 22.3. The lowest BCUT2D eigenvalue weighted by Gasteiger charge is -2.17. The van der Waals surface area contributed by atoms with Gasteiger partial charge in [0.05, 0.1) is 0 Å². The van der Waals surface area contributed by atoms with Crippen molar-refractivity contribution in [2.45, 2.75) is 0 Å². The second kappa shape index (κ2) is 9.50. The molecule has 38 heavy (non-hydrogen) atoms. The van der Waals surface area contributed by atoms with Gasteiger partial charge in [-0.05, 0) is 65.3 Å². The van der Waals surface area contributed by atoms with Gasteiger partial charge in [0.15, 0.2) is 0 Å². The van der Waals surface area contributed by atoms with Gasteiger partial charge in [0.2, 0.25) is 0 Å². The monoisotopic (exact) mass is 482 g/mol. The van der Waals surface area contributed by atoms with E-state index in [1.165, 1.54) is 65.3 Å². The molecule has 0 aliphatic heterocycles. The third-order valence-corrected chi connectivity index (χ3v) is 7.51. The molecule has 2 aliphatic rings. The summed E-state index contributed by atoms with van der Waals surface area (Å²) in [5, 5.41) is 9.80. The van der Waals surface area contributed by atoms with E-state index in [1.807, 2.05) is 0 Å². The number of fused-ring (bicyclic) bond motifs is 5. The van der Waals surface area contributed by atoms with E-state index in [-0.39, 0.29) is 0 Å². The Labute approximate surface area is 222 Å². The molecule has 0 spiro atoms. The topological polar surface area (TPSA) is 0 Å². The van der Waals surface area contributed by atoms with Gasteiger partial charge >= 0.3 is 0 Å². The first-order chi connectivity index (χ1) is 18.9. The zero-order valence-corrected chi connectivity index (χ0v) is 21.0. The fourth-order valence-electron chi connectivity index (χ4n) is 5.76. The number of hydrogen-bond donors (Lipinski definition) is 0. The molecule has 0 N–H and O–H groups in total. The minimum Gasteiger partial charge on any atom is -0.0616 e. The Balaban J connectivity index is 1.90. The third-order valence-electron chi connectivity index (χ3n) is 7.51. The second-order valence-corrected chi connectivity index (χ2v) is 9.69. The molecule has 0 saturated heterocycles. The quantitative estimate of drug-likeness (QED) is 0.202. The summed E-state index contributed by atoms with van der Waals surface area (Å²) in [6.07, 6.45) is 0. The molecule has 5 aromatic carbocycles. The summed E-state index contributed by atoms with van der Waals surface area (Å²) in [4.78, 5) is 0. The van der Waals surface area contributed by atoms with Crippen LogP contribution in [0, 0.1) is 0 Å². The Morgan fingerprint density at radius 2 is 0.605 bits per heavy atom. The van der Waals surface area contributed by atoms with Crippen LogP contribution in [-0.2, 0) is 0 Å². The Kier molecular flexibility index (Phi) is 5.57. The van der Waals surface area contributed by atoms with Gasteiger partial charge < -0.3 is 0 Å². The summed E-state index contributed by atoms with van der Waals surface area (Å²) in [5.74, 6) is 0. The summed E-state index contributed by atoms with van der Waals surface area (Å²) >= 11 is 0. The number of hydrogen-bond acceptors (Lipinski definition) is 0. The summed E-state index contributed by atoms with van der Waals surface area (Å²) in [5.41, 5.74) is 4.99. The molecule has 0 atom stereocenters. The van der Waals surface area contributed by atoms with Gasteiger partial charge in [0, 0.05) is 0 Å². The molecule has 0 nitrogen and oxygen atoms in total. The van der Waals surface area contributed by atoms with Crippen LogP contribution in [0.2, 0.25) is 0 Å². The highest BCUT2D eigenvalue weighted by Crippen LogP contribution is 2.43. The average molecular weight is 483 g/mol. The SMILES string of the molecule is c1ccc2c(c1)-c1ccccc-2c2c3ccccc3ccc3ccccc3ccccc1c1ccccc12. The standard InChI is InChI=1S/C38H26/c1-2-15-28-25-26-29-16-4-5-17-30(29)38-36-23-11-9-19-31(33-20-7-8-21-34(33)36)32(18-6-3-14-27(28)13-1)35-22-10-12-24-37(35)38/h1-26H. The van der Waals surface area contributed by atoms with Crippen molar-refractivity contribution in [1.82, 2.24) is 0 Å². The van der Waals surface area contributed by atoms with Crippen molar-refractivity contribution < 1.29 is 0 Å². The van der Waals surface area contributed by atoms with Crippen molar-refractivity contribution in [2.75, 3.05) is 0 Å². The van der Waals surface area contributed by atoms with Crippen LogP contribution in [0.5, 0.6) is 0 Å². The highest BCUT2D eigenvalue weighted by Gasteiger charge is 2.15. The van der Waals surface area contributed by atoms with E-state index in [4.69, 9.17) is 0 Å². The van der Waals surface area contributed by atoms with Gasteiger partial charge in [-0.25, -0.2) is 0 Å². The molecule has 0 amide bonds. The van der Waals surface area contributed by atoms with Crippen molar-refractivity contribution in [2.24, 2.45) is 0 Å². The lowest BCUT2D eigenvalue weighted by atomic mass is 9.86. The van der Waals surface area contributed by atoms with Crippen molar-refractivity contribution >= 4 is 43.1 Å². The van der Waals surface area contributed by atoms with Crippen LogP contribution in [0.15, 0.2) is 158 Å². The molecule has 0 heteroatoms. The van der Waals surface area contributed by atoms with Crippen molar-refractivity contribution in [3.8, 4) is 22.3 Å². The summed E-state index contributed by atoms with van der Waals surface area (Å²) in [6.45, 7) is 0. The van der Waals surface area contributed by atoms with Gasteiger partial charge in [0.25, 0.3) is 0 Å². The Morgan fingerprint density at radius 3 is 1.29 bits per heavy atom. The van der Waals surface area contributed by atoms with Gasteiger partial charge in [0.1, 0.15) is 0 Å². The van der Waals surface area contributed by atoms with E-state index in [1.54, 1.807) is 0 Å². The molecular formula is C38H26. The molecule has 0 fully saturated rings. The zero-order valence-electron chi connectivity index (χ0n) is 21.0. The van der Waals surface area contributed by atoms with E-state index >= 15 is 0 Å². The van der Waals surface area contributed by atoms with Crippen LogP contribution in [-0.4, -0.2) is 0 Å². The van der Waals surface area contributed by atoms with Crippen LogP contribution in [0.1, 0.15) is 0 Å². The van der Waals surface area contributed by atoms with Gasteiger partial charge in [-0.15, -0.1) is 0 Å². The summed E-state index contributed by atoms with van der Waals surface area (Å²) in [7, 11) is 0. The molecule has 178 valence electrons. The van der Waals surface area contributed by atoms with Crippen LogP contribution < -0.4 is 0 Å². The number of benzene rings is 4. The largest absolute Gasteiger partial charge is 0.0616 e. The smallest absolute Gasteiger partial charge is 0.00204 e. The summed E-state index contributed by atoms with van der Waals surface area (Å²) < 4.78 is 0. The third kappa shape index (κ3) is 3.79. The van der Waals surface area contributed by atoms with Crippen LogP contribution in [0.3, 0.4) is 0 Å². The predicted octanol–water partition coefficient (Wildman–Crippen LogP) is 10.8. The molecular weight excluding hydrogens is 456 g/mol. The van der Waals surface area contributed by atoms with E-state index < -0.39 is 0 Å². The van der Waals surface area contributed by atoms with Crippen molar-refractivity contribution in [3.05, 3.63) is 158 Å². The molecule has 0 radical (unpaired) electrons. The van der Waals surface area contributed by atoms with E-state index in [2.05, 4.69) is 158 Å². The molecule has 5 aromatic rings. The fourth-order valence-corrected chi connectivity index (χ4v) is 5.76.